The van der Waals surface area contributed by atoms with E-state index >= 15 is 0 Å². The lowest BCUT2D eigenvalue weighted by Crippen LogP contribution is -2.39. The summed E-state index contributed by atoms with van der Waals surface area (Å²) in [4.78, 5) is 18.6. The van der Waals surface area contributed by atoms with Crippen molar-refractivity contribution in [3.8, 4) is 5.75 Å². The van der Waals surface area contributed by atoms with Crippen molar-refractivity contribution in [1.29, 1.82) is 0 Å². The van der Waals surface area contributed by atoms with Crippen LogP contribution in [0.4, 0.5) is 0 Å². The number of amides is 1. The third kappa shape index (κ3) is 8.72. The molecule has 0 fully saturated rings. The molecule has 1 amide bonds. The zero-order valence-corrected chi connectivity index (χ0v) is 19.7. The smallest absolute Gasteiger partial charge is 0.241 e. The zero-order valence-electron chi connectivity index (χ0n) is 17.4. The Morgan fingerprint density at radius 3 is 2.45 bits per heavy atom. The van der Waals surface area contributed by atoms with E-state index in [1.54, 1.807) is 7.11 Å². The first-order valence-corrected chi connectivity index (χ1v) is 9.56. The lowest BCUT2D eigenvalue weighted by atomic mass is 10.1. The topological polar surface area (TPSA) is 66.0 Å². The number of nitrogens with zero attached hydrogens (tertiary/aromatic N) is 2. The molecule has 0 aliphatic carbocycles. The zero-order chi connectivity index (χ0) is 20.2. The molecule has 0 radical (unpaired) electrons. The Morgan fingerprint density at radius 1 is 1.07 bits per heavy atom. The van der Waals surface area contributed by atoms with Gasteiger partial charge in [-0.05, 0) is 25.0 Å². The molecule has 2 N–H and O–H groups in total. The number of rotatable bonds is 9. The van der Waals surface area contributed by atoms with Crippen molar-refractivity contribution >= 4 is 35.8 Å². The summed E-state index contributed by atoms with van der Waals surface area (Å²) in [5.74, 6) is 1.44. The first kappa shape index (κ1) is 24.7. The maximum absolute atomic E-state index is 12.1. The van der Waals surface area contributed by atoms with E-state index < -0.39 is 0 Å². The molecule has 158 valence electrons. The van der Waals surface area contributed by atoms with Gasteiger partial charge in [-0.3, -0.25) is 4.79 Å². The summed E-state index contributed by atoms with van der Waals surface area (Å²) >= 11 is 0. The summed E-state index contributed by atoms with van der Waals surface area (Å²) in [6.07, 6.45) is 0.810. The maximum atomic E-state index is 12.1. The van der Waals surface area contributed by atoms with Gasteiger partial charge in [0.25, 0.3) is 0 Å². The summed E-state index contributed by atoms with van der Waals surface area (Å²) in [5, 5.41) is 6.16. The summed E-state index contributed by atoms with van der Waals surface area (Å²) in [6.45, 7) is 4.06. The fourth-order valence-electron chi connectivity index (χ4n) is 2.83. The van der Waals surface area contributed by atoms with Crippen LogP contribution in [0, 0.1) is 0 Å². The number of ether oxygens (including phenoxy) is 1. The molecule has 7 heteroatoms. The van der Waals surface area contributed by atoms with Crippen molar-refractivity contribution in [3.63, 3.8) is 0 Å². The van der Waals surface area contributed by atoms with Crippen LogP contribution in [0.15, 0.2) is 59.6 Å². The van der Waals surface area contributed by atoms with E-state index in [0.717, 1.165) is 24.3 Å². The third-order valence-corrected chi connectivity index (χ3v) is 4.25. The van der Waals surface area contributed by atoms with Crippen LogP contribution in [0.5, 0.6) is 5.75 Å². The van der Waals surface area contributed by atoms with Crippen LogP contribution in [0.25, 0.3) is 0 Å². The molecule has 2 rings (SSSR count). The van der Waals surface area contributed by atoms with Crippen LogP contribution < -0.4 is 15.4 Å². The van der Waals surface area contributed by atoms with E-state index in [4.69, 9.17) is 4.74 Å². The number of methoxy groups -OCH3 is 1. The van der Waals surface area contributed by atoms with E-state index in [1.807, 2.05) is 61.3 Å². The van der Waals surface area contributed by atoms with Crippen molar-refractivity contribution in [2.75, 3.05) is 33.8 Å². The Bertz CT molecular complexity index is 768. The standard InChI is InChI=1S/C22H30N4O2.HI/c1-4-23-22(26(2)17-19-12-8-9-13-20(19)28-3)25-16-21(27)24-15-14-18-10-6-5-7-11-18;/h5-13H,4,14-17H2,1-3H3,(H,23,25)(H,24,27);1H. The average molecular weight is 510 g/mol. The van der Waals surface area contributed by atoms with Crippen LogP contribution in [0.2, 0.25) is 0 Å². The van der Waals surface area contributed by atoms with Gasteiger partial charge >= 0.3 is 0 Å². The molecule has 0 aromatic heterocycles. The molecule has 2 aromatic rings. The van der Waals surface area contributed by atoms with E-state index in [0.29, 0.717) is 19.0 Å². The minimum absolute atomic E-state index is 0. The minimum Gasteiger partial charge on any atom is -0.496 e. The Hall–Kier alpha value is -2.29. The normalized spacial score (nSPS) is 10.7. The number of nitrogens with one attached hydrogen (secondary N) is 2. The monoisotopic (exact) mass is 510 g/mol. The lowest BCUT2D eigenvalue weighted by molar-refractivity contribution is -0.119. The molecule has 0 spiro atoms. The number of carbonyl (C=O) groups excluding carboxylic acids is 1. The Kier molecular flexibility index (Phi) is 11.8. The molecule has 6 nitrogen and oxygen atoms in total. The number of guanidine groups is 1. The highest BCUT2D eigenvalue weighted by molar-refractivity contribution is 14.0. The summed E-state index contributed by atoms with van der Waals surface area (Å²) in [6, 6.07) is 18.0. The average Bonchev–Trinajstić information content (AvgIpc) is 2.72. The third-order valence-electron chi connectivity index (χ3n) is 4.25. The van der Waals surface area contributed by atoms with Gasteiger partial charge in [0, 0.05) is 32.2 Å². The molecule has 0 saturated carbocycles. The van der Waals surface area contributed by atoms with Crippen LogP contribution in [0.1, 0.15) is 18.1 Å². The highest BCUT2D eigenvalue weighted by Crippen LogP contribution is 2.18. The fraction of sp³-hybridized carbons (Fsp3) is 0.364. The molecular weight excluding hydrogens is 479 g/mol. The number of halogens is 1. The predicted molar refractivity (Wildman–Crippen MR) is 129 cm³/mol. The van der Waals surface area contributed by atoms with Gasteiger partial charge in [0.2, 0.25) is 5.91 Å². The lowest BCUT2D eigenvalue weighted by Gasteiger charge is -2.23. The molecule has 0 bridgehead atoms. The largest absolute Gasteiger partial charge is 0.496 e. The summed E-state index contributed by atoms with van der Waals surface area (Å²) in [7, 11) is 3.61. The number of benzene rings is 2. The maximum Gasteiger partial charge on any atom is 0.241 e. The van der Waals surface area contributed by atoms with Crippen molar-refractivity contribution in [2.24, 2.45) is 4.99 Å². The van der Waals surface area contributed by atoms with Gasteiger partial charge in [-0.15, -0.1) is 24.0 Å². The number of hydrogen-bond acceptors (Lipinski definition) is 3. The van der Waals surface area contributed by atoms with Gasteiger partial charge < -0.3 is 20.3 Å². The second-order valence-electron chi connectivity index (χ2n) is 6.42. The molecular formula is C22H31IN4O2. The second-order valence-corrected chi connectivity index (χ2v) is 6.42. The fourth-order valence-corrected chi connectivity index (χ4v) is 2.83. The second kappa shape index (κ2) is 13.8. The minimum atomic E-state index is -0.0861. The van der Waals surface area contributed by atoms with Crippen LogP contribution >= 0.6 is 24.0 Å². The van der Waals surface area contributed by atoms with Crippen molar-refractivity contribution in [2.45, 2.75) is 19.9 Å². The summed E-state index contributed by atoms with van der Waals surface area (Å²) < 4.78 is 5.41. The first-order chi connectivity index (χ1) is 13.6. The van der Waals surface area contributed by atoms with Crippen LogP contribution in [-0.4, -0.2) is 50.6 Å². The number of para-hydroxylation sites is 1. The molecule has 2 aromatic carbocycles. The number of hydrogen-bond donors (Lipinski definition) is 2. The van der Waals surface area contributed by atoms with E-state index in [9.17, 15) is 4.79 Å². The van der Waals surface area contributed by atoms with Crippen molar-refractivity contribution in [1.82, 2.24) is 15.5 Å². The predicted octanol–water partition coefficient (Wildman–Crippen LogP) is 3.07. The van der Waals surface area contributed by atoms with Crippen LogP contribution in [0.3, 0.4) is 0 Å². The molecule has 0 unspecified atom stereocenters. The van der Waals surface area contributed by atoms with Gasteiger partial charge in [0.15, 0.2) is 5.96 Å². The highest BCUT2D eigenvalue weighted by atomic mass is 127. The SMILES string of the molecule is CCNC(=NCC(=O)NCCc1ccccc1)N(C)Cc1ccccc1OC.I. The number of aliphatic imine (C=N–C) groups is 1. The highest BCUT2D eigenvalue weighted by Gasteiger charge is 2.10. The van der Waals surface area contributed by atoms with E-state index in [1.165, 1.54) is 5.56 Å². The van der Waals surface area contributed by atoms with Gasteiger partial charge in [-0.1, -0.05) is 48.5 Å². The van der Waals surface area contributed by atoms with Gasteiger partial charge in [0.1, 0.15) is 12.3 Å². The summed E-state index contributed by atoms with van der Waals surface area (Å²) in [5.41, 5.74) is 2.27. The molecule has 0 atom stereocenters. The van der Waals surface area contributed by atoms with Crippen LogP contribution in [-0.2, 0) is 17.8 Å². The van der Waals surface area contributed by atoms with Gasteiger partial charge in [-0.25, -0.2) is 4.99 Å². The van der Waals surface area contributed by atoms with E-state index in [-0.39, 0.29) is 36.4 Å². The Balaban J connectivity index is 0.00000420. The molecule has 0 saturated heterocycles. The first-order valence-electron chi connectivity index (χ1n) is 9.56. The molecule has 0 aliphatic heterocycles. The molecule has 29 heavy (non-hydrogen) atoms. The number of carbonyl (C=O) groups is 1. The van der Waals surface area contributed by atoms with Crippen molar-refractivity contribution in [3.05, 3.63) is 65.7 Å². The molecule has 0 aliphatic rings. The quantitative estimate of drug-likeness (QED) is 0.309. The Morgan fingerprint density at radius 2 is 1.76 bits per heavy atom. The Labute approximate surface area is 190 Å². The van der Waals surface area contributed by atoms with E-state index in [2.05, 4.69) is 27.8 Å². The van der Waals surface area contributed by atoms with Gasteiger partial charge in [0.05, 0.1) is 7.11 Å². The van der Waals surface area contributed by atoms with Crippen molar-refractivity contribution < 1.29 is 9.53 Å². The van der Waals surface area contributed by atoms with Gasteiger partial charge in [-0.2, -0.15) is 0 Å². The molecule has 0 heterocycles.